The molecule has 1 amide bonds. The number of hydrogen-bond donors (Lipinski definition) is 1. The number of alkyl halides is 3. The van der Waals surface area contributed by atoms with Crippen molar-refractivity contribution in [1.29, 1.82) is 0 Å². The van der Waals surface area contributed by atoms with Gasteiger partial charge in [-0.2, -0.15) is 18.3 Å². The number of ether oxygens (including phenoxy) is 1. The second-order valence-corrected chi connectivity index (χ2v) is 7.66. The van der Waals surface area contributed by atoms with Crippen LogP contribution in [-0.2, 0) is 28.5 Å². The maximum atomic E-state index is 13.0. The van der Waals surface area contributed by atoms with Gasteiger partial charge in [-0.3, -0.25) is 9.59 Å². The third-order valence-electron chi connectivity index (χ3n) is 5.33. The van der Waals surface area contributed by atoms with E-state index in [2.05, 4.69) is 15.2 Å². The van der Waals surface area contributed by atoms with Gasteiger partial charge in [-0.05, 0) is 53.4 Å². The van der Waals surface area contributed by atoms with Gasteiger partial charge in [0, 0.05) is 11.9 Å². The number of carbonyl (C=O) groups is 2. The average Bonchev–Trinajstić information content (AvgIpc) is 3.25. The first-order chi connectivity index (χ1) is 16.2. The van der Waals surface area contributed by atoms with E-state index in [0.717, 1.165) is 23.3 Å². The van der Waals surface area contributed by atoms with Crippen LogP contribution in [0.25, 0.3) is 5.52 Å². The van der Waals surface area contributed by atoms with Crippen molar-refractivity contribution in [3.8, 4) is 0 Å². The Morgan fingerprint density at radius 1 is 1.00 bits per heavy atom. The molecule has 0 spiro atoms. The van der Waals surface area contributed by atoms with E-state index in [9.17, 15) is 22.8 Å². The minimum Gasteiger partial charge on any atom is -0.469 e. The van der Waals surface area contributed by atoms with E-state index < -0.39 is 11.7 Å². The zero-order valence-corrected chi connectivity index (χ0v) is 18.1. The number of halogens is 3. The molecule has 1 N–H and O–H groups in total. The van der Waals surface area contributed by atoms with Crippen LogP contribution in [0.15, 0.2) is 73.1 Å². The molecule has 4 aromatic rings. The van der Waals surface area contributed by atoms with E-state index in [4.69, 9.17) is 0 Å². The van der Waals surface area contributed by atoms with Crippen molar-refractivity contribution in [3.05, 3.63) is 101 Å². The van der Waals surface area contributed by atoms with Gasteiger partial charge in [0.25, 0.3) is 5.91 Å². The number of nitrogens with zero attached hydrogens (tertiary/aromatic N) is 2. The smallest absolute Gasteiger partial charge is 0.416 e. The standard InChI is InChI=1S/C25H20F3N3O3/c1-34-22(32)14-17-6-10-20(11-7-17)30-24(33)21-15-29-31-12-2-3-18(23(21)31)13-16-4-8-19(9-5-16)25(26,27)28/h2-12,15H,13-14H2,1H3,(H,30,33). The summed E-state index contributed by atoms with van der Waals surface area (Å²) >= 11 is 0. The maximum absolute atomic E-state index is 13.0. The number of benzene rings is 2. The second-order valence-electron chi connectivity index (χ2n) is 7.66. The van der Waals surface area contributed by atoms with Crippen molar-refractivity contribution < 1.29 is 27.5 Å². The van der Waals surface area contributed by atoms with Crippen molar-refractivity contribution in [2.75, 3.05) is 12.4 Å². The zero-order chi connectivity index (χ0) is 24.3. The van der Waals surface area contributed by atoms with Gasteiger partial charge in [0.2, 0.25) is 0 Å². The van der Waals surface area contributed by atoms with Crippen LogP contribution in [0.4, 0.5) is 18.9 Å². The van der Waals surface area contributed by atoms with Crippen LogP contribution in [0.3, 0.4) is 0 Å². The predicted octanol–water partition coefficient (Wildman–Crippen LogP) is 4.91. The molecular weight excluding hydrogens is 447 g/mol. The molecule has 2 aromatic heterocycles. The minimum atomic E-state index is -4.40. The number of nitrogens with one attached hydrogen (secondary N) is 1. The lowest BCUT2D eigenvalue weighted by Crippen LogP contribution is -2.12. The summed E-state index contributed by atoms with van der Waals surface area (Å²) in [5.41, 5.74) is 2.91. The Hall–Kier alpha value is -4.14. The van der Waals surface area contributed by atoms with E-state index >= 15 is 0 Å². The van der Waals surface area contributed by atoms with Crippen LogP contribution < -0.4 is 5.32 Å². The molecule has 2 aromatic carbocycles. The quantitative estimate of drug-likeness (QED) is 0.409. The number of rotatable bonds is 6. The third-order valence-corrected chi connectivity index (χ3v) is 5.33. The number of carbonyl (C=O) groups excluding carboxylic acids is 2. The molecule has 0 atom stereocenters. The van der Waals surface area contributed by atoms with Crippen LogP contribution in [0.1, 0.15) is 32.6 Å². The van der Waals surface area contributed by atoms with Gasteiger partial charge in [0.05, 0.1) is 36.4 Å². The Balaban J connectivity index is 1.56. The lowest BCUT2D eigenvalue weighted by molar-refractivity contribution is -0.140. The van der Waals surface area contributed by atoms with Crippen molar-refractivity contribution in [2.24, 2.45) is 0 Å². The highest BCUT2D eigenvalue weighted by Crippen LogP contribution is 2.30. The summed E-state index contributed by atoms with van der Waals surface area (Å²) in [6.45, 7) is 0. The fraction of sp³-hybridized carbons (Fsp3) is 0.160. The molecule has 174 valence electrons. The molecule has 34 heavy (non-hydrogen) atoms. The molecule has 9 heteroatoms. The molecule has 0 saturated heterocycles. The molecule has 0 unspecified atom stereocenters. The summed E-state index contributed by atoms with van der Waals surface area (Å²) in [5.74, 6) is -0.737. The summed E-state index contributed by atoms with van der Waals surface area (Å²) in [6, 6.07) is 15.3. The van der Waals surface area contributed by atoms with Gasteiger partial charge in [-0.25, -0.2) is 4.52 Å². The number of amides is 1. The van der Waals surface area contributed by atoms with Crippen LogP contribution in [-0.4, -0.2) is 28.6 Å². The van der Waals surface area contributed by atoms with Crippen LogP contribution in [0.5, 0.6) is 0 Å². The van der Waals surface area contributed by atoms with Gasteiger partial charge in [-0.1, -0.05) is 30.3 Å². The molecule has 0 aliphatic carbocycles. The maximum Gasteiger partial charge on any atom is 0.416 e. The molecule has 4 rings (SSSR count). The average molecular weight is 467 g/mol. The largest absolute Gasteiger partial charge is 0.469 e. The Kier molecular flexibility index (Phi) is 6.36. The highest BCUT2D eigenvalue weighted by molar-refractivity contribution is 6.09. The molecule has 6 nitrogen and oxygen atoms in total. The van der Waals surface area contributed by atoms with E-state index in [1.807, 2.05) is 6.07 Å². The molecule has 0 radical (unpaired) electrons. The number of aromatic nitrogens is 2. The molecule has 0 aliphatic heterocycles. The van der Waals surface area contributed by atoms with Gasteiger partial charge in [0.15, 0.2) is 0 Å². The van der Waals surface area contributed by atoms with Crippen molar-refractivity contribution in [2.45, 2.75) is 19.0 Å². The number of anilines is 1. The fourth-order valence-electron chi connectivity index (χ4n) is 3.60. The van der Waals surface area contributed by atoms with Crippen LogP contribution in [0.2, 0.25) is 0 Å². The first-order valence-electron chi connectivity index (χ1n) is 10.3. The summed E-state index contributed by atoms with van der Waals surface area (Å²) in [6.07, 6.45) is -0.786. The van der Waals surface area contributed by atoms with Gasteiger partial charge in [0.1, 0.15) is 0 Å². The number of methoxy groups -OCH3 is 1. The van der Waals surface area contributed by atoms with Gasteiger partial charge in [-0.15, -0.1) is 0 Å². The molecule has 0 bridgehead atoms. The Labute approximate surface area is 193 Å². The van der Waals surface area contributed by atoms with Gasteiger partial charge < -0.3 is 10.1 Å². The SMILES string of the molecule is COC(=O)Cc1ccc(NC(=O)c2cnn3cccc(Cc4ccc(C(F)(F)F)cc4)c23)cc1. The Morgan fingerprint density at radius 3 is 2.32 bits per heavy atom. The first kappa shape index (κ1) is 23.0. The van der Waals surface area contributed by atoms with Crippen molar-refractivity contribution in [1.82, 2.24) is 9.61 Å². The molecular formula is C25H20F3N3O3. The summed E-state index contributed by atoms with van der Waals surface area (Å²) in [4.78, 5) is 24.4. The molecule has 2 heterocycles. The summed E-state index contributed by atoms with van der Waals surface area (Å²) < 4.78 is 44.8. The highest BCUT2D eigenvalue weighted by atomic mass is 19.4. The van der Waals surface area contributed by atoms with Crippen molar-refractivity contribution >= 4 is 23.1 Å². The Bertz CT molecular complexity index is 1330. The second kappa shape index (κ2) is 9.38. The van der Waals surface area contributed by atoms with Crippen molar-refractivity contribution in [3.63, 3.8) is 0 Å². The summed E-state index contributed by atoms with van der Waals surface area (Å²) in [7, 11) is 1.32. The zero-order valence-electron chi connectivity index (χ0n) is 18.1. The molecule has 0 fully saturated rings. The molecule has 0 aliphatic rings. The highest BCUT2D eigenvalue weighted by Gasteiger charge is 2.30. The van der Waals surface area contributed by atoms with E-state index in [-0.39, 0.29) is 18.3 Å². The van der Waals surface area contributed by atoms with Crippen LogP contribution in [0, 0.1) is 0 Å². The monoisotopic (exact) mass is 467 g/mol. The topological polar surface area (TPSA) is 72.7 Å². The predicted molar refractivity (Wildman–Crippen MR) is 120 cm³/mol. The van der Waals surface area contributed by atoms with E-state index in [1.54, 1.807) is 41.0 Å². The summed E-state index contributed by atoms with van der Waals surface area (Å²) in [5, 5.41) is 7.05. The number of esters is 1. The van der Waals surface area contributed by atoms with Crippen LogP contribution >= 0.6 is 0 Å². The van der Waals surface area contributed by atoms with E-state index in [1.165, 1.54) is 25.4 Å². The fourth-order valence-corrected chi connectivity index (χ4v) is 3.60. The van der Waals surface area contributed by atoms with Gasteiger partial charge >= 0.3 is 12.1 Å². The van der Waals surface area contributed by atoms with E-state index in [0.29, 0.717) is 28.8 Å². The third kappa shape index (κ3) is 5.09. The minimum absolute atomic E-state index is 0.131. The Morgan fingerprint density at radius 2 is 1.68 bits per heavy atom. The molecule has 0 saturated carbocycles. The number of fused-ring (bicyclic) bond motifs is 1. The number of hydrogen-bond acceptors (Lipinski definition) is 4. The first-order valence-corrected chi connectivity index (χ1v) is 10.3. The lowest BCUT2D eigenvalue weighted by Gasteiger charge is -2.10. The number of pyridine rings is 1. The normalized spacial score (nSPS) is 11.4. The lowest BCUT2D eigenvalue weighted by atomic mass is 10.0.